The molecule has 3 heterocycles. The standard InChI is InChI=1S/C21H18N4O3S/c1-2-28-14-9-7-13(8-10-14)24-11-22-21-25(12-24)20(27)18(29-21)17-15-5-3-4-6-16(15)23-19(17)26/h3-10H,2,11-12H2,1H3,(H,23,26)/b18-17+. The summed E-state index contributed by atoms with van der Waals surface area (Å²) < 4.78 is 7.54. The molecule has 8 heteroatoms. The Morgan fingerprint density at radius 1 is 1.14 bits per heavy atom. The van der Waals surface area contributed by atoms with Crippen LogP contribution in [0.15, 0.2) is 58.3 Å². The molecule has 0 radical (unpaired) electrons. The zero-order chi connectivity index (χ0) is 20.0. The average Bonchev–Trinajstić information content (AvgIpc) is 3.24. The normalized spacial score (nSPS) is 16.7. The van der Waals surface area contributed by atoms with Gasteiger partial charge in [-0.05, 0) is 37.3 Å². The smallest absolute Gasteiger partial charge is 0.272 e. The first kappa shape index (κ1) is 17.7. The molecule has 0 bridgehead atoms. The van der Waals surface area contributed by atoms with Crippen LogP contribution in [0.2, 0.25) is 0 Å². The van der Waals surface area contributed by atoms with Gasteiger partial charge >= 0.3 is 0 Å². The first-order valence-electron chi connectivity index (χ1n) is 9.32. The van der Waals surface area contributed by atoms with E-state index in [1.807, 2.05) is 60.4 Å². The lowest BCUT2D eigenvalue weighted by molar-refractivity contribution is -0.110. The van der Waals surface area contributed by atoms with Crippen LogP contribution in [-0.2, 0) is 11.5 Å². The van der Waals surface area contributed by atoms with Gasteiger partial charge in [-0.3, -0.25) is 14.2 Å². The molecule has 29 heavy (non-hydrogen) atoms. The highest BCUT2D eigenvalue weighted by Gasteiger charge is 2.27. The van der Waals surface area contributed by atoms with E-state index in [0.29, 0.717) is 34.9 Å². The minimum atomic E-state index is -0.245. The molecule has 0 unspecified atom stereocenters. The third-order valence-corrected chi connectivity index (χ3v) is 6.08. The van der Waals surface area contributed by atoms with Crippen molar-refractivity contribution in [2.75, 3.05) is 23.5 Å². The van der Waals surface area contributed by atoms with E-state index in [1.165, 1.54) is 11.3 Å². The van der Waals surface area contributed by atoms with Gasteiger partial charge in [0, 0.05) is 16.9 Å². The Labute approximate surface area is 170 Å². The van der Waals surface area contributed by atoms with Crippen LogP contribution >= 0.6 is 11.3 Å². The van der Waals surface area contributed by atoms with Crippen molar-refractivity contribution in [1.82, 2.24) is 4.57 Å². The molecule has 0 spiro atoms. The topological polar surface area (TPSA) is 75.9 Å². The monoisotopic (exact) mass is 406 g/mol. The fourth-order valence-electron chi connectivity index (χ4n) is 3.59. The van der Waals surface area contributed by atoms with Crippen LogP contribution in [-0.4, -0.2) is 23.7 Å². The van der Waals surface area contributed by atoms with Gasteiger partial charge in [0.2, 0.25) is 0 Å². The number of amides is 1. The van der Waals surface area contributed by atoms with Crippen molar-refractivity contribution < 1.29 is 9.53 Å². The zero-order valence-electron chi connectivity index (χ0n) is 15.7. The molecule has 146 valence electrons. The number of benzene rings is 2. The zero-order valence-corrected chi connectivity index (χ0v) is 16.5. The number of para-hydroxylation sites is 1. The van der Waals surface area contributed by atoms with Gasteiger partial charge < -0.3 is 15.0 Å². The number of nitrogens with one attached hydrogen (secondary N) is 1. The number of nitrogens with zero attached hydrogens (tertiary/aromatic N) is 3. The maximum absolute atomic E-state index is 13.1. The van der Waals surface area contributed by atoms with Crippen LogP contribution in [0.4, 0.5) is 11.4 Å². The summed E-state index contributed by atoms with van der Waals surface area (Å²) in [5, 5.41) is 2.83. The molecule has 2 aromatic carbocycles. The average molecular weight is 406 g/mol. The second-order valence-electron chi connectivity index (χ2n) is 6.73. The molecule has 0 atom stereocenters. The van der Waals surface area contributed by atoms with Crippen molar-refractivity contribution in [3.8, 4) is 5.75 Å². The van der Waals surface area contributed by atoms with Gasteiger partial charge in [0.15, 0.2) is 4.80 Å². The first-order valence-corrected chi connectivity index (χ1v) is 10.1. The van der Waals surface area contributed by atoms with Gasteiger partial charge in [-0.15, -0.1) is 0 Å². The highest BCUT2D eigenvalue weighted by molar-refractivity contribution is 7.07. The van der Waals surface area contributed by atoms with Gasteiger partial charge in [0.05, 0.1) is 12.2 Å². The Morgan fingerprint density at radius 3 is 2.72 bits per heavy atom. The molecule has 0 aliphatic carbocycles. The van der Waals surface area contributed by atoms with E-state index >= 15 is 0 Å². The van der Waals surface area contributed by atoms with Crippen LogP contribution in [0, 0.1) is 0 Å². The van der Waals surface area contributed by atoms with Crippen LogP contribution < -0.4 is 29.8 Å². The van der Waals surface area contributed by atoms with E-state index in [0.717, 1.165) is 22.7 Å². The van der Waals surface area contributed by atoms with Crippen molar-refractivity contribution in [1.29, 1.82) is 0 Å². The summed E-state index contributed by atoms with van der Waals surface area (Å²) in [6, 6.07) is 15.1. The number of thiazole rings is 1. The maximum atomic E-state index is 13.1. The third kappa shape index (κ3) is 2.92. The number of hydrogen-bond acceptors (Lipinski definition) is 6. The molecule has 7 nitrogen and oxygen atoms in total. The maximum Gasteiger partial charge on any atom is 0.272 e. The van der Waals surface area contributed by atoms with Crippen LogP contribution in [0.25, 0.3) is 5.57 Å². The van der Waals surface area contributed by atoms with E-state index in [4.69, 9.17) is 4.74 Å². The molecule has 1 aromatic heterocycles. The summed E-state index contributed by atoms with van der Waals surface area (Å²) in [5.41, 5.74) is 2.69. The largest absolute Gasteiger partial charge is 0.494 e. The van der Waals surface area contributed by atoms with Crippen LogP contribution in [0.5, 0.6) is 5.75 Å². The van der Waals surface area contributed by atoms with Crippen molar-refractivity contribution in [3.63, 3.8) is 0 Å². The van der Waals surface area contributed by atoms with E-state index < -0.39 is 0 Å². The Morgan fingerprint density at radius 2 is 1.93 bits per heavy atom. The summed E-state index contributed by atoms with van der Waals surface area (Å²) in [6.07, 6.45) is 0. The lowest BCUT2D eigenvalue weighted by Crippen LogP contribution is -2.43. The van der Waals surface area contributed by atoms with E-state index in [2.05, 4.69) is 10.3 Å². The molecule has 0 saturated carbocycles. The lowest BCUT2D eigenvalue weighted by Gasteiger charge is -2.25. The number of anilines is 2. The summed E-state index contributed by atoms with van der Waals surface area (Å²) >= 11 is 1.27. The van der Waals surface area contributed by atoms with Gasteiger partial charge in [-0.1, -0.05) is 29.5 Å². The van der Waals surface area contributed by atoms with E-state index in [9.17, 15) is 9.59 Å². The molecule has 1 amide bonds. The molecule has 2 aliphatic rings. The molecular formula is C21H18N4O3S. The molecule has 0 fully saturated rings. The summed E-state index contributed by atoms with van der Waals surface area (Å²) in [7, 11) is 0. The van der Waals surface area contributed by atoms with Gasteiger partial charge in [0.1, 0.15) is 23.6 Å². The number of ether oxygens (including phenoxy) is 1. The van der Waals surface area contributed by atoms with Gasteiger partial charge in [0.25, 0.3) is 11.5 Å². The predicted octanol–water partition coefficient (Wildman–Crippen LogP) is 1.51. The third-order valence-electron chi connectivity index (χ3n) is 4.96. The quantitative estimate of drug-likeness (QED) is 0.716. The van der Waals surface area contributed by atoms with Crippen molar-refractivity contribution in [2.45, 2.75) is 13.6 Å². The van der Waals surface area contributed by atoms with Crippen molar-refractivity contribution in [3.05, 3.63) is 73.8 Å². The number of carbonyl (C=O) groups excluding carboxylic acids is 1. The predicted molar refractivity (Wildman–Crippen MR) is 112 cm³/mol. The van der Waals surface area contributed by atoms with Gasteiger partial charge in [-0.2, -0.15) is 0 Å². The summed E-state index contributed by atoms with van der Waals surface area (Å²) in [4.78, 5) is 32.9. The minimum Gasteiger partial charge on any atom is -0.494 e. The second-order valence-corrected chi connectivity index (χ2v) is 7.71. The van der Waals surface area contributed by atoms with Crippen LogP contribution in [0.1, 0.15) is 12.5 Å². The van der Waals surface area contributed by atoms with Crippen LogP contribution in [0.3, 0.4) is 0 Å². The molecule has 5 rings (SSSR count). The number of fused-ring (bicyclic) bond motifs is 2. The fourth-order valence-corrected chi connectivity index (χ4v) is 4.64. The van der Waals surface area contributed by atoms with Crippen molar-refractivity contribution >= 4 is 34.2 Å². The highest BCUT2D eigenvalue weighted by atomic mass is 32.1. The Hall–Kier alpha value is -3.39. The summed E-state index contributed by atoms with van der Waals surface area (Å²) in [5.74, 6) is 0.564. The number of aromatic nitrogens is 1. The van der Waals surface area contributed by atoms with E-state index in [1.54, 1.807) is 4.57 Å². The molecule has 2 aliphatic heterocycles. The van der Waals surface area contributed by atoms with E-state index in [-0.39, 0.29) is 11.5 Å². The van der Waals surface area contributed by atoms with Crippen molar-refractivity contribution in [2.24, 2.45) is 4.99 Å². The lowest BCUT2D eigenvalue weighted by atomic mass is 10.1. The first-order chi connectivity index (χ1) is 14.2. The summed E-state index contributed by atoms with van der Waals surface area (Å²) in [6.45, 7) is 3.40. The number of rotatable bonds is 3. The molecule has 1 N–H and O–H groups in total. The minimum absolute atomic E-state index is 0.189. The molecule has 3 aromatic rings. The molecular weight excluding hydrogens is 388 g/mol. The Bertz CT molecular complexity index is 1290. The Balaban J connectivity index is 1.55. The fraction of sp³-hybridized carbons (Fsp3) is 0.190. The number of carbonyl (C=O) groups is 1. The SMILES string of the molecule is CCOc1ccc(N2CN=c3s/c(=C4/C(=O)Nc5ccccc54)c(=O)n3C2)cc1. The Kier molecular flexibility index (Phi) is 4.21. The number of hydrogen-bond donors (Lipinski definition) is 1. The van der Waals surface area contributed by atoms with Gasteiger partial charge in [-0.25, -0.2) is 4.99 Å². The second kappa shape index (κ2) is 6.89. The molecule has 0 saturated heterocycles. The highest BCUT2D eigenvalue weighted by Crippen LogP contribution is 2.29.